The first-order valence-electron chi connectivity index (χ1n) is 8.07. The van der Waals surface area contributed by atoms with Crippen LogP contribution in [0.1, 0.15) is 21.7 Å². The highest BCUT2D eigenvalue weighted by molar-refractivity contribution is 5.95. The van der Waals surface area contributed by atoms with Gasteiger partial charge in [-0.05, 0) is 50.2 Å². The van der Waals surface area contributed by atoms with Crippen LogP contribution in [0, 0.1) is 24.0 Å². The third kappa shape index (κ3) is 4.43. The van der Waals surface area contributed by atoms with Gasteiger partial charge in [0.15, 0.2) is 0 Å². The Balaban J connectivity index is 1.72. The lowest BCUT2D eigenvalue weighted by Crippen LogP contribution is -2.11. The van der Waals surface area contributed by atoms with Gasteiger partial charge < -0.3 is 10.1 Å². The average Bonchev–Trinajstić information content (AvgIpc) is 2.62. The molecular weight excluding hydrogens is 348 g/mol. The third-order valence-electron chi connectivity index (χ3n) is 3.62. The molecule has 1 N–H and O–H groups in total. The lowest BCUT2D eigenvalue weighted by atomic mass is 10.2. The first kappa shape index (κ1) is 18.0. The molecular formula is C19H16N4O4. The summed E-state index contributed by atoms with van der Waals surface area (Å²) in [5.74, 6) is -0.0529. The van der Waals surface area contributed by atoms with Gasteiger partial charge in [-0.2, -0.15) is 0 Å². The number of hydrogen-bond donors (Lipinski definition) is 1. The molecule has 1 aromatic heterocycles. The molecule has 3 aromatic rings. The summed E-state index contributed by atoms with van der Waals surface area (Å²) in [5.41, 5.74) is 2.01. The summed E-state index contributed by atoms with van der Waals surface area (Å²) < 4.78 is 5.23. The summed E-state index contributed by atoms with van der Waals surface area (Å²) in [7, 11) is 0. The Labute approximate surface area is 155 Å². The lowest BCUT2D eigenvalue weighted by molar-refractivity contribution is -0.385. The second kappa shape index (κ2) is 7.61. The van der Waals surface area contributed by atoms with Gasteiger partial charge in [0, 0.05) is 23.1 Å². The van der Waals surface area contributed by atoms with Crippen molar-refractivity contribution >= 4 is 23.3 Å². The Hall–Kier alpha value is -3.81. The molecule has 0 aliphatic rings. The van der Waals surface area contributed by atoms with E-state index >= 15 is 0 Å². The minimum absolute atomic E-state index is 0.103. The van der Waals surface area contributed by atoms with Crippen LogP contribution in [-0.2, 0) is 0 Å². The number of aromatic nitrogens is 2. The van der Waals surface area contributed by atoms with E-state index in [-0.39, 0.29) is 17.0 Å². The highest BCUT2D eigenvalue weighted by Crippen LogP contribution is 2.22. The quantitative estimate of drug-likeness (QED) is 0.316. The molecule has 136 valence electrons. The molecule has 1 heterocycles. The number of para-hydroxylation sites is 1. The van der Waals surface area contributed by atoms with Crippen LogP contribution in [0.2, 0.25) is 0 Å². The monoisotopic (exact) mass is 364 g/mol. The predicted molar refractivity (Wildman–Crippen MR) is 99.3 cm³/mol. The van der Waals surface area contributed by atoms with Gasteiger partial charge in [-0.25, -0.2) is 14.8 Å². The van der Waals surface area contributed by atoms with Crippen molar-refractivity contribution in [1.29, 1.82) is 0 Å². The summed E-state index contributed by atoms with van der Waals surface area (Å²) in [6.45, 7) is 3.76. The number of carbonyl (C=O) groups is 1. The average molecular weight is 364 g/mol. The van der Waals surface area contributed by atoms with Gasteiger partial charge in [-0.1, -0.05) is 12.1 Å². The molecule has 27 heavy (non-hydrogen) atoms. The molecule has 0 fully saturated rings. The molecule has 0 saturated heterocycles. The van der Waals surface area contributed by atoms with Crippen molar-refractivity contribution in [3.05, 3.63) is 81.7 Å². The van der Waals surface area contributed by atoms with Gasteiger partial charge in [0.2, 0.25) is 5.95 Å². The number of rotatable bonds is 5. The van der Waals surface area contributed by atoms with Crippen molar-refractivity contribution in [2.45, 2.75) is 13.8 Å². The lowest BCUT2D eigenvalue weighted by Gasteiger charge is -2.08. The fourth-order valence-electron chi connectivity index (χ4n) is 2.48. The van der Waals surface area contributed by atoms with E-state index in [0.29, 0.717) is 11.6 Å². The predicted octanol–water partition coefficient (Wildman–Crippen LogP) is 3.96. The SMILES string of the molecule is Cc1cc(C)nc(Nc2ccc(OC(=O)c3ccccc3[N+](=O)[O-])cc2)n1. The van der Waals surface area contributed by atoms with Crippen LogP contribution in [0.3, 0.4) is 0 Å². The second-order valence-electron chi connectivity index (χ2n) is 5.79. The maximum Gasteiger partial charge on any atom is 0.350 e. The molecule has 0 amide bonds. The van der Waals surface area contributed by atoms with Crippen molar-refractivity contribution in [3.63, 3.8) is 0 Å². The fourth-order valence-corrected chi connectivity index (χ4v) is 2.48. The van der Waals surface area contributed by atoms with Crippen LogP contribution in [0.4, 0.5) is 17.3 Å². The van der Waals surface area contributed by atoms with Crippen LogP contribution in [0.25, 0.3) is 0 Å². The van der Waals surface area contributed by atoms with E-state index in [2.05, 4.69) is 15.3 Å². The Morgan fingerprint density at radius 1 is 1.04 bits per heavy atom. The van der Waals surface area contributed by atoms with Crippen molar-refractivity contribution in [1.82, 2.24) is 9.97 Å². The number of carbonyl (C=O) groups excluding carboxylic acids is 1. The Morgan fingerprint density at radius 2 is 1.67 bits per heavy atom. The van der Waals surface area contributed by atoms with Crippen LogP contribution in [0.15, 0.2) is 54.6 Å². The first-order valence-corrected chi connectivity index (χ1v) is 8.07. The number of nitro groups is 1. The maximum absolute atomic E-state index is 12.2. The smallest absolute Gasteiger partial charge is 0.350 e. The highest BCUT2D eigenvalue weighted by Gasteiger charge is 2.21. The number of hydrogen-bond acceptors (Lipinski definition) is 7. The standard InChI is InChI=1S/C19H16N4O4/c1-12-11-13(2)21-19(20-12)22-14-7-9-15(10-8-14)27-18(24)16-5-3-4-6-17(16)23(25)26/h3-11H,1-2H3,(H,20,21,22). The topological polar surface area (TPSA) is 107 Å². The maximum atomic E-state index is 12.2. The Morgan fingerprint density at radius 3 is 2.30 bits per heavy atom. The molecule has 0 saturated carbocycles. The molecule has 3 rings (SSSR count). The van der Waals surface area contributed by atoms with E-state index in [1.165, 1.54) is 18.2 Å². The zero-order valence-corrected chi connectivity index (χ0v) is 14.7. The normalized spacial score (nSPS) is 10.3. The van der Waals surface area contributed by atoms with Crippen molar-refractivity contribution < 1.29 is 14.5 Å². The molecule has 2 aromatic carbocycles. The molecule has 0 atom stereocenters. The number of nitro benzene ring substituents is 1. The van der Waals surface area contributed by atoms with Gasteiger partial charge >= 0.3 is 5.97 Å². The van der Waals surface area contributed by atoms with Gasteiger partial charge in [-0.15, -0.1) is 0 Å². The van der Waals surface area contributed by atoms with E-state index in [4.69, 9.17) is 4.74 Å². The van der Waals surface area contributed by atoms with Gasteiger partial charge in [-0.3, -0.25) is 10.1 Å². The summed E-state index contributed by atoms with van der Waals surface area (Å²) >= 11 is 0. The molecule has 0 spiro atoms. The number of aryl methyl sites for hydroxylation is 2. The number of esters is 1. The van der Waals surface area contributed by atoms with Gasteiger partial charge in [0.1, 0.15) is 11.3 Å². The zero-order valence-electron chi connectivity index (χ0n) is 14.7. The molecule has 0 aliphatic heterocycles. The van der Waals surface area contributed by atoms with Crippen molar-refractivity contribution in [2.24, 2.45) is 0 Å². The van der Waals surface area contributed by atoms with E-state index in [1.807, 2.05) is 19.9 Å². The van der Waals surface area contributed by atoms with E-state index in [1.54, 1.807) is 30.3 Å². The summed E-state index contributed by atoms with van der Waals surface area (Å²) in [6, 6.07) is 14.1. The molecule has 0 aliphatic carbocycles. The van der Waals surface area contributed by atoms with Crippen LogP contribution in [-0.4, -0.2) is 20.9 Å². The van der Waals surface area contributed by atoms with E-state index in [0.717, 1.165) is 11.4 Å². The second-order valence-corrected chi connectivity index (χ2v) is 5.79. The third-order valence-corrected chi connectivity index (χ3v) is 3.62. The summed E-state index contributed by atoms with van der Waals surface area (Å²) in [4.78, 5) is 31.2. The van der Waals surface area contributed by atoms with E-state index in [9.17, 15) is 14.9 Å². The van der Waals surface area contributed by atoms with Crippen LogP contribution < -0.4 is 10.1 Å². The molecule has 0 unspecified atom stereocenters. The molecule has 0 radical (unpaired) electrons. The summed E-state index contributed by atoms with van der Waals surface area (Å²) in [5, 5.41) is 14.1. The van der Waals surface area contributed by atoms with Gasteiger partial charge in [0.05, 0.1) is 4.92 Å². The highest BCUT2D eigenvalue weighted by atomic mass is 16.6. The van der Waals surface area contributed by atoms with Gasteiger partial charge in [0.25, 0.3) is 5.69 Å². The zero-order chi connectivity index (χ0) is 19.4. The Bertz CT molecular complexity index is 983. The van der Waals surface area contributed by atoms with E-state index < -0.39 is 10.9 Å². The Kier molecular flexibility index (Phi) is 5.07. The minimum atomic E-state index is -0.791. The molecule has 8 nitrogen and oxygen atoms in total. The largest absolute Gasteiger partial charge is 0.423 e. The molecule has 8 heteroatoms. The van der Waals surface area contributed by atoms with Crippen molar-refractivity contribution in [3.8, 4) is 5.75 Å². The number of nitrogens with zero attached hydrogens (tertiary/aromatic N) is 3. The van der Waals surface area contributed by atoms with Crippen LogP contribution in [0.5, 0.6) is 5.75 Å². The summed E-state index contributed by atoms with van der Waals surface area (Å²) in [6.07, 6.45) is 0. The number of ether oxygens (including phenoxy) is 1. The first-order chi connectivity index (χ1) is 12.9. The minimum Gasteiger partial charge on any atom is -0.423 e. The molecule has 0 bridgehead atoms. The number of benzene rings is 2. The van der Waals surface area contributed by atoms with Crippen LogP contribution >= 0.6 is 0 Å². The fraction of sp³-hybridized carbons (Fsp3) is 0.105. The number of anilines is 2. The number of nitrogens with one attached hydrogen (secondary N) is 1. The van der Waals surface area contributed by atoms with Crippen molar-refractivity contribution in [2.75, 3.05) is 5.32 Å².